The molecule has 0 unspecified atom stereocenters. The Labute approximate surface area is 163 Å². The summed E-state index contributed by atoms with van der Waals surface area (Å²) in [4.78, 5) is 24.7. The summed E-state index contributed by atoms with van der Waals surface area (Å²) in [5, 5.41) is 5.68. The lowest BCUT2D eigenvalue weighted by Gasteiger charge is -2.27. The maximum absolute atomic E-state index is 13.6. The third kappa shape index (κ3) is 5.38. The third-order valence-electron chi connectivity index (χ3n) is 5.26. The lowest BCUT2D eigenvalue weighted by molar-refractivity contribution is -0.130. The molecule has 1 aliphatic rings. The van der Waals surface area contributed by atoms with E-state index in [1.807, 2.05) is 0 Å². The highest BCUT2D eigenvalue weighted by Gasteiger charge is 2.29. The van der Waals surface area contributed by atoms with Gasteiger partial charge in [-0.15, -0.1) is 0 Å². The van der Waals surface area contributed by atoms with Gasteiger partial charge in [0.15, 0.2) is 0 Å². The average Bonchev–Trinajstić information content (AvgIpc) is 2.72. The predicted octanol–water partition coefficient (Wildman–Crippen LogP) is 3.70. The zero-order chi connectivity index (χ0) is 19.9. The van der Waals surface area contributed by atoms with Crippen LogP contribution in [0.3, 0.4) is 0 Å². The Kier molecular flexibility index (Phi) is 6.74. The highest BCUT2D eigenvalue weighted by Crippen LogP contribution is 2.29. The maximum atomic E-state index is 13.6. The summed E-state index contributed by atoms with van der Waals surface area (Å²) >= 11 is 0. The number of hydrogen-bond acceptors (Lipinski definition) is 2. The summed E-state index contributed by atoms with van der Waals surface area (Å²) in [7, 11) is 0. The van der Waals surface area contributed by atoms with Gasteiger partial charge in [-0.05, 0) is 49.4 Å². The van der Waals surface area contributed by atoms with Crippen molar-refractivity contribution in [2.24, 2.45) is 11.8 Å². The zero-order valence-electron chi connectivity index (χ0n) is 15.6. The minimum Gasteiger partial charge on any atom is -0.352 e. The molecule has 0 atom stereocenters. The molecule has 2 N–H and O–H groups in total. The molecule has 2 amide bonds. The third-order valence-corrected chi connectivity index (χ3v) is 5.26. The smallest absolute Gasteiger partial charge is 0.223 e. The number of nitrogens with one attached hydrogen (secondary N) is 2. The molecule has 0 aromatic heterocycles. The van der Waals surface area contributed by atoms with Crippen molar-refractivity contribution in [3.05, 3.63) is 71.3 Å². The second-order valence-electron chi connectivity index (χ2n) is 7.20. The van der Waals surface area contributed by atoms with Crippen molar-refractivity contribution in [1.82, 2.24) is 10.6 Å². The van der Waals surface area contributed by atoms with Gasteiger partial charge in [0.2, 0.25) is 11.8 Å². The summed E-state index contributed by atoms with van der Waals surface area (Å²) in [5.41, 5.74) is 1.31. The Morgan fingerprint density at radius 1 is 0.786 bits per heavy atom. The Hall–Kier alpha value is -2.76. The first-order valence-electron chi connectivity index (χ1n) is 9.56. The molecule has 6 heteroatoms. The lowest BCUT2D eigenvalue weighted by atomic mass is 9.81. The van der Waals surface area contributed by atoms with Crippen molar-refractivity contribution in [2.45, 2.75) is 38.8 Å². The first-order chi connectivity index (χ1) is 13.5. The van der Waals surface area contributed by atoms with Crippen molar-refractivity contribution < 1.29 is 18.4 Å². The van der Waals surface area contributed by atoms with E-state index in [9.17, 15) is 18.4 Å². The van der Waals surface area contributed by atoms with Crippen LogP contribution >= 0.6 is 0 Å². The molecule has 2 aromatic carbocycles. The Morgan fingerprint density at radius 2 is 1.32 bits per heavy atom. The molecule has 2 aromatic rings. The molecule has 3 rings (SSSR count). The van der Waals surface area contributed by atoms with Gasteiger partial charge in [0.05, 0.1) is 0 Å². The van der Waals surface area contributed by atoms with E-state index in [0.717, 1.165) is 5.56 Å². The van der Waals surface area contributed by atoms with Gasteiger partial charge >= 0.3 is 0 Å². The van der Waals surface area contributed by atoms with E-state index in [-0.39, 0.29) is 41.8 Å². The van der Waals surface area contributed by atoms with Gasteiger partial charge in [-0.2, -0.15) is 0 Å². The van der Waals surface area contributed by atoms with Gasteiger partial charge < -0.3 is 10.6 Å². The summed E-state index contributed by atoms with van der Waals surface area (Å²) in [6, 6.07) is 12.4. The van der Waals surface area contributed by atoms with E-state index in [1.165, 1.54) is 18.2 Å². The van der Waals surface area contributed by atoms with Gasteiger partial charge in [0.1, 0.15) is 11.6 Å². The number of benzene rings is 2. The molecule has 0 saturated heterocycles. The topological polar surface area (TPSA) is 58.2 Å². The van der Waals surface area contributed by atoms with Gasteiger partial charge in [-0.3, -0.25) is 9.59 Å². The van der Waals surface area contributed by atoms with Crippen molar-refractivity contribution in [2.75, 3.05) is 0 Å². The van der Waals surface area contributed by atoms with Crippen LogP contribution in [0.5, 0.6) is 0 Å². The highest BCUT2D eigenvalue weighted by atomic mass is 19.1. The number of rotatable bonds is 6. The molecule has 28 heavy (non-hydrogen) atoms. The number of carbonyl (C=O) groups is 2. The van der Waals surface area contributed by atoms with Crippen LogP contribution in [0.4, 0.5) is 8.78 Å². The van der Waals surface area contributed by atoms with Gasteiger partial charge in [-0.1, -0.05) is 30.3 Å². The Balaban J connectivity index is 1.40. The van der Waals surface area contributed by atoms with E-state index in [4.69, 9.17) is 0 Å². The van der Waals surface area contributed by atoms with Crippen LogP contribution in [0.25, 0.3) is 0 Å². The minimum atomic E-state index is -0.329. The molecular weight excluding hydrogens is 362 g/mol. The van der Waals surface area contributed by atoms with Crippen LogP contribution in [0.1, 0.15) is 36.8 Å². The van der Waals surface area contributed by atoms with Gasteiger partial charge in [0.25, 0.3) is 0 Å². The van der Waals surface area contributed by atoms with E-state index < -0.39 is 0 Å². The molecular formula is C22H24F2N2O2. The summed E-state index contributed by atoms with van der Waals surface area (Å²) in [5.74, 6) is -1.02. The molecule has 0 radical (unpaired) electrons. The minimum absolute atomic E-state index is 0.0328. The number of carbonyl (C=O) groups excluding carboxylic acids is 2. The number of amides is 2. The molecule has 148 valence electrons. The van der Waals surface area contributed by atoms with E-state index in [2.05, 4.69) is 10.6 Å². The van der Waals surface area contributed by atoms with Crippen molar-refractivity contribution in [3.8, 4) is 0 Å². The number of halogens is 2. The molecule has 1 saturated carbocycles. The fourth-order valence-electron chi connectivity index (χ4n) is 3.52. The van der Waals surface area contributed by atoms with Gasteiger partial charge in [-0.25, -0.2) is 8.78 Å². The molecule has 0 heterocycles. The summed E-state index contributed by atoms with van der Waals surface area (Å²) in [6.45, 7) is 0.533. The van der Waals surface area contributed by atoms with Crippen molar-refractivity contribution >= 4 is 11.8 Å². The molecule has 0 aliphatic heterocycles. The Bertz CT molecular complexity index is 816. The first kappa shape index (κ1) is 20.0. The van der Waals surface area contributed by atoms with Crippen LogP contribution in [0.15, 0.2) is 48.5 Å². The van der Waals surface area contributed by atoms with E-state index in [1.54, 1.807) is 30.3 Å². The molecule has 1 fully saturated rings. The lowest BCUT2D eigenvalue weighted by Crippen LogP contribution is -2.37. The maximum Gasteiger partial charge on any atom is 0.223 e. The summed E-state index contributed by atoms with van der Waals surface area (Å²) in [6.07, 6.45) is 2.57. The zero-order valence-corrected chi connectivity index (χ0v) is 15.6. The van der Waals surface area contributed by atoms with Crippen molar-refractivity contribution in [3.63, 3.8) is 0 Å². The fourth-order valence-corrected chi connectivity index (χ4v) is 3.52. The Morgan fingerprint density at radius 3 is 1.89 bits per heavy atom. The quantitative estimate of drug-likeness (QED) is 0.795. The van der Waals surface area contributed by atoms with Crippen LogP contribution < -0.4 is 10.6 Å². The SMILES string of the molecule is O=C(NCc1ccc(F)cc1)C1CCC(C(=O)NCc2ccccc2F)CC1. The fraction of sp³-hybridized carbons (Fsp3) is 0.364. The van der Waals surface area contributed by atoms with Crippen LogP contribution in [-0.4, -0.2) is 11.8 Å². The molecule has 0 spiro atoms. The average molecular weight is 386 g/mol. The van der Waals surface area contributed by atoms with E-state index >= 15 is 0 Å². The normalized spacial score (nSPS) is 19.1. The standard InChI is InChI=1S/C22H24F2N2O2/c23-19-11-5-15(6-12-19)13-25-21(27)16-7-9-17(10-8-16)22(28)26-14-18-3-1-2-4-20(18)24/h1-6,11-12,16-17H,7-10,13-14H2,(H,25,27)(H,26,28). The van der Waals surface area contributed by atoms with E-state index in [0.29, 0.717) is 37.8 Å². The summed E-state index contributed by atoms with van der Waals surface area (Å²) < 4.78 is 26.5. The second kappa shape index (κ2) is 9.44. The van der Waals surface area contributed by atoms with Crippen molar-refractivity contribution in [1.29, 1.82) is 0 Å². The molecule has 1 aliphatic carbocycles. The van der Waals surface area contributed by atoms with Crippen LogP contribution in [0.2, 0.25) is 0 Å². The van der Waals surface area contributed by atoms with Crippen LogP contribution in [-0.2, 0) is 22.7 Å². The van der Waals surface area contributed by atoms with Crippen LogP contribution in [0, 0.1) is 23.5 Å². The van der Waals surface area contributed by atoms with Gasteiger partial charge in [0, 0.05) is 30.5 Å². The molecule has 4 nitrogen and oxygen atoms in total. The molecule has 0 bridgehead atoms. The first-order valence-corrected chi connectivity index (χ1v) is 9.56. The second-order valence-corrected chi connectivity index (χ2v) is 7.20. The monoisotopic (exact) mass is 386 g/mol. The largest absolute Gasteiger partial charge is 0.352 e. The highest BCUT2D eigenvalue weighted by molar-refractivity contribution is 5.81. The number of hydrogen-bond donors (Lipinski definition) is 2. The predicted molar refractivity (Wildman–Crippen MR) is 102 cm³/mol.